The minimum atomic E-state index is -0.181. The summed E-state index contributed by atoms with van der Waals surface area (Å²) in [5, 5.41) is 13.0. The molecule has 0 bridgehead atoms. The number of fused-ring (bicyclic) bond motifs is 2. The number of benzene rings is 2. The molecule has 2 aromatic carbocycles. The van der Waals surface area contributed by atoms with E-state index < -0.39 is 0 Å². The van der Waals surface area contributed by atoms with Crippen LogP contribution < -0.4 is 5.32 Å². The lowest BCUT2D eigenvalue weighted by Gasteiger charge is -2.04. The predicted molar refractivity (Wildman–Crippen MR) is 106 cm³/mol. The smallest absolute Gasteiger partial charge is 0.269 e. The van der Waals surface area contributed by atoms with E-state index in [-0.39, 0.29) is 5.91 Å². The van der Waals surface area contributed by atoms with E-state index in [1.54, 1.807) is 9.78 Å². The summed E-state index contributed by atoms with van der Waals surface area (Å²) < 4.78 is 6.49. The van der Waals surface area contributed by atoms with E-state index in [2.05, 4.69) is 20.6 Å². The molecular weight excluding hydrogens is 398 g/mol. The van der Waals surface area contributed by atoms with Gasteiger partial charge >= 0.3 is 0 Å². The van der Waals surface area contributed by atoms with Gasteiger partial charge in [0.05, 0.1) is 5.69 Å². The first-order chi connectivity index (χ1) is 13.7. The fourth-order valence-corrected chi connectivity index (χ4v) is 3.99. The van der Waals surface area contributed by atoms with E-state index in [0.29, 0.717) is 28.3 Å². The van der Waals surface area contributed by atoms with Gasteiger partial charge in [0, 0.05) is 28.7 Å². The van der Waals surface area contributed by atoms with Crippen molar-refractivity contribution in [2.75, 3.05) is 0 Å². The van der Waals surface area contributed by atoms with E-state index in [1.807, 2.05) is 48.7 Å². The van der Waals surface area contributed by atoms with E-state index in [9.17, 15) is 4.79 Å². The molecule has 3 aromatic heterocycles. The number of carbonyl (C=O) groups is 1. The van der Waals surface area contributed by atoms with Crippen molar-refractivity contribution in [3.8, 4) is 11.3 Å². The zero-order valence-corrected chi connectivity index (χ0v) is 15.9. The second-order valence-corrected chi connectivity index (χ2v) is 7.45. The number of hydrogen-bond acceptors (Lipinski definition) is 6. The van der Waals surface area contributed by atoms with Crippen LogP contribution in [0.4, 0.5) is 0 Å². The normalized spacial score (nSPS) is 11.3. The number of amides is 1. The van der Waals surface area contributed by atoms with E-state index in [1.165, 1.54) is 11.3 Å². The first kappa shape index (κ1) is 16.9. The molecule has 5 aromatic rings. The average Bonchev–Trinajstić information content (AvgIpc) is 3.40. The highest BCUT2D eigenvalue weighted by Gasteiger charge is 2.15. The highest BCUT2D eigenvalue weighted by atomic mass is 35.5. The molecule has 0 saturated heterocycles. The summed E-state index contributed by atoms with van der Waals surface area (Å²) >= 11 is 7.48. The highest BCUT2D eigenvalue weighted by molar-refractivity contribution is 7.15. The van der Waals surface area contributed by atoms with Gasteiger partial charge in [-0.1, -0.05) is 29.8 Å². The molecule has 1 amide bonds. The molecule has 0 aliphatic rings. The first-order valence-electron chi connectivity index (χ1n) is 8.39. The Morgan fingerprint density at radius 3 is 2.96 bits per heavy atom. The number of halogens is 1. The molecule has 138 valence electrons. The molecular formula is C19H12ClN5O2S. The van der Waals surface area contributed by atoms with Crippen LogP contribution in [0.1, 0.15) is 16.1 Å². The number of nitrogens with one attached hydrogen (secondary N) is 1. The van der Waals surface area contributed by atoms with Crippen LogP contribution in [0.15, 0.2) is 58.7 Å². The van der Waals surface area contributed by atoms with Gasteiger partial charge in [0.1, 0.15) is 16.7 Å². The summed E-state index contributed by atoms with van der Waals surface area (Å²) in [6.45, 7) is 0.370. The van der Waals surface area contributed by atoms with Gasteiger partial charge in [-0.3, -0.25) is 9.20 Å². The molecule has 0 saturated carbocycles. The van der Waals surface area contributed by atoms with Crippen molar-refractivity contribution in [2.45, 2.75) is 6.54 Å². The molecule has 0 aliphatic heterocycles. The van der Waals surface area contributed by atoms with Crippen molar-refractivity contribution in [3.05, 3.63) is 70.3 Å². The van der Waals surface area contributed by atoms with Gasteiger partial charge in [-0.25, -0.2) is 9.61 Å². The third-order valence-electron chi connectivity index (χ3n) is 4.33. The lowest BCUT2D eigenvalue weighted by Crippen LogP contribution is -2.23. The standard InChI is InChI=1S/C19H12ClN5O2S/c20-13-3-1-2-12(7-13)16-9-25-17(10-28-19(25)22-16)18(26)21-8-11-4-5-14-15(6-11)24-27-23-14/h1-7,9-10H,8H2,(H,21,26). The van der Waals surface area contributed by atoms with Crippen molar-refractivity contribution in [1.29, 1.82) is 0 Å². The molecule has 0 atom stereocenters. The van der Waals surface area contributed by atoms with Gasteiger partial charge < -0.3 is 5.32 Å². The topological polar surface area (TPSA) is 85.3 Å². The number of carbonyl (C=O) groups excluding carboxylic acids is 1. The Kier molecular flexibility index (Phi) is 4.07. The minimum absolute atomic E-state index is 0.181. The Morgan fingerprint density at radius 1 is 1.18 bits per heavy atom. The maximum Gasteiger partial charge on any atom is 0.269 e. The molecule has 0 aliphatic carbocycles. The maximum absolute atomic E-state index is 12.7. The van der Waals surface area contributed by atoms with Crippen molar-refractivity contribution in [2.24, 2.45) is 0 Å². The maximum atomic E-state index is 12.7. The quantitative estimate of drug-likeness (QED) is 0.481. The fourth-order valence-electron chi connectivity index (χ4n) is 2.94. The summed E-state index contributed by atoms with van der Waals surface area (Å²) in [5.41, 5.74) is 4.46. The number of imidazole rings is 1. The molecule has 0 radical (unpaired) electrons. The highest BCUT2D eigenvalue weighted by Crippen LogP contribution is 2.25. The van der Waals surface area contributed by atoms with Crippen LogP contribution in [-0.2, 0) is 6.54 Å². The van der Waals surface area contributed by atoms with Crippen LogP contribution in [0.2, 0.25) is 5.02 Å². The summed E-state index contributed by atoms with van der Waals surface area (Å²) in [6, 6.07) is 13.0. The zero-order valence-electron chi connectivity index (χ0n) is 14.3. The first-order valence-corrected chi connectivity index (χ1v) is 9.65. The second kappa shape index (κ2) is 6.74. The van der Waals surface area contributed by atoms with Crippen LogP contribution >= 0.6 is 22.9 Å². The van der Waals surface area contributed by atoms with Gasteiger partial charge in [0.2, 0.25) is 0 Å². The number of hydrogen-bond donors (Lipinski definition) is 1. The van der Waals surface area contributed by atoms with Gasteiger partial charge in [-0.15, -0.1) is 11.3 Å². The summed E-state index contributed by atoms with van der Waals surface area (Å²) in [4.78, 5) is 18.0. The van der Waals surface area contributed by atoms with Crippen LogP contribution in [0, 0.1) is 0 Å². The summed E-state index contributed by atoms with van der Waals surface area (Å²) in [7, 11) is 0. The molecule has 28 heavy (non-hydrogen) atoms. The Hall–Kier alpha value is -3.23. The Bertz CT molecular complexity index is 1320. The lowest BCUT2D eigenvalue weighted by atomic mass is 10.2. The fraction of sp³-hybridized carbons (Fsp3) is 0.0526. The molecule has 0 unspecified atom stereocenters. The monoisotopic (exact) mass is 409 g/mol. The molecule has 7 nitrogen and oxygen atoms in total. The predicted octanol–water partition coefficient (Wildman–Crippen LogP) is 4.18. The average molecular weight is 410 g/mol. The third kappa shape index (κ3) is 3.02. The Balaban J connectivity index is 1.38. The molecule has 5 rings (SSSR count). The van der Waals surface area contributed by atoms with Crippen LogP contribution in [0.3, 0.4) is 0 Å². The largest absolute Gasteiger partial charge is 0.347 e. The summed E-state index contributed by atoms with van der Waals surface area (Å²) in [6.07, 6.45) is 1.85. The minimum Gasteiger partial charge on any atom is -0.347 e. The van der Waals surface area contributed by atoms with E-state index in [0.717, 1.165) is 21.8 Å². The Morgan fingerprint density at radius 2 is 2.07 bits per heavy atom. The van der Waals surface area contributed by atoms with Crippen LogP contribution in [0.5, 0.6) is 0 Å². The van der Waals surface area contributed by atoms with Crippen LogP contribution in [-0.4, -0.2) is 25.6 Å². The SMILES string of the molecule is O=C(NCc1ccc2nonc2c1)c1csc2nc(-c3cccc(Cl)c3)cn12. The van der Waals surface area contributed by atoms with Crippen LogP contribution in [0.25, 0.3) is 27.3 Å². The number of aromatic nitrogens is 4. The van der Waals surface area contributed by atoms with Crippen molar-refractivity contribution < 1.29 is 9.42 Å². The van der Waals surface area contributed by atoms with Gasteiger partial charge in [0.25, 0.3) is 5.91 Å². The molecule has 3 heterocycles. The summed E-state index contributed by atoms with van der Waals surface area (Å²) in [5.74, 6) is -0.181. The molecule has 0 spiro atoms. The molecule has 0 fully saturated rings. The van der Waals surface area contributed by atoms with Gasteiger partial charge in [-0.2, -0.15) is 0 Å². The molecule has 9 heteroatoms. The second-order valence-electron chi connectivity index (χ2n) is 6.18. The number of thiazole rings is 1. The van der Waals surface area contributed by atoms with E-state index in [4.69, 9.17) is 16.2 Å². The van der Waals surface area contributed by atoms with Gasteiger partial charge in [0.15, 0.2) is 4.96 Å². The third-order valence-corrected chi connectivity index (χ3v) is 5.41. The number of nitrogens with zero attached hydrogens (tertiary/aromatic N) is 4. The van der Waals surface area contributed by atoms with Crippen molar-refractivity contribution >= 4 is 44.8 Å². The zero-order chi connectivity index (χ0) is 19.1. The molecule has 1 N–H and O–H groups in total. The Labute approximate surface area is 167 Å². The van der Waals surface area contributed by atoms with Crippen molar-refractivity contribution in [3.63, 3.8) is 0 Å². The lowest BCUT2D eigenvalue weighted by molar-refractivity contribution is 0.0945. The number of rotatable bonds is 4. The van der Waals surface area contributed by atoms with Gasteiger partial charge in [-0.05, 0) is 40.1 Å². The van der Waals surface area contributed by atoms with Crippen molar-refractivity contribution in [1.82, 2.24) is 25.0 Å². The van der Waals surface area contributed by atoms with E-state index >= 15 is 0 Å².